The van der Waals surface area contributed by atoms with Crippen LogP contribution in [0, 0.1) is 0 Å². The van der Waals surface area contributed by atoms with E-state index in [0.717, 1.165) is 0 Å². The molecular weight excluding hydrogens is 552 g/mol. The minimum absolute atomic E-state index is 0.0132. The number of carbonyl (C=O) groups is 6. The smallest absolute Gasteiger partial charge is 0.333 e. The van der Waals surface area contributed by atoms with E-state index in [1.807, 2.05) is 0 Å². The van der Waals surface area contributed by atoms with Gasteiger partial charge in [0.15, 0.2) is 24.4 Å². The lowest BCUT2D eigenvalue weighted by molar-refractivity contribution is -0.204. The van der Waals surface area contributed by atoms with Gasteiger partial charge in [0.25, 0.3) is 0 Å². The highest BCUT2D eigenvalue weighted by Gasteiger charge is 2.46. The number of rotatable bonds is 17. The zero-order valence-electron chi connectivity index (χ0n) is 24.9. The Bertz CT molecular complexity index is 1100. The minimum Gasteiger partial charge on any atom is -0.458 e. The fourth-order valence-corrected chi connectivity index (χ4v) is 2.59. The van der Waals surface area contributed by atoms with Crippen LogP contribution in [-0.4, -0.2) is 73.4 Å². The van der Waals surface area contributed by atoms with Gasteiger partial charge in [0.1, 0.15) is 13.2 Å². The second-order valence-electron chi connectivity index (χ2n) is 9.51. The molecule has 0 aromatic rings. The van der Waals surface area contributed by atoms with E-state index in [9.17, 15) is 28.8 Å². The normalized spacial score (nSPS) is 13.0. The van der Waals surface area contributed by atoms with Crippen molar-refractivity contribution in [1.29, 1.82) is 0 Å². The van der Waals surface area contributed by atoms with Gasteiger partial charge in [0.2, 0.25) is 0 Å². The van der Waals surface area contributed by atoms with Crippen LogP contribution in [0.25, 0.3) is 0 Å². The number of hydrogen-bond acceptors (Lipinski definition) is 12. The van der Waals surface area contributed by atoms with Crippen molar-refractivity contribution in [2.24, 2.45) is 0 Å². The van der Waals surface area contributed by atoms with Gasteiger partial charge in [-0.2, -0.15) is 0 Å². The molecule has 0 aliphatic carbocycles. The first-order valence-electron chi connectivity index (χ1n) is 12.4. The average Bonchev–Trinajstić information content (AvgIpc) is 2.89. The lowest BCUT2D eigenvalue weighted by Crippen LogP contribution is -2.55. The lowest BCUT2D eigenvalue weighted by Gasteiger charge is -2.35. The van der Waals surface area contributed by atoms with E-state index in [0.29, 0.717) is 0 Å². The average molecular weight is 591 g/mol. The summed E-state index contributed by atoms with van der Waals surface area (Å²) in [4.78, 5) is 75.2. The van der Waals surface area contributed by atoms with E-state index in [4.69, 9.17) is 28.4 Å². The molecule has 0 amide bonds. The Morgan fingerprint density at radius 2 is 0.619 bits per heavy atom. The van der Waals surface area contributed by atoms with Crippen molar-refractivity contribution < 1.29 is 57.2 Å². The highest BCUT2D eigenvalue weighted by Crippen LogP contribution is 2.23. The van der Waals surface area contributed by atoms with Gasteiger partial charge in [-0.1, -0.05) is 39.5 Å². The van der Waals surface area contributed by atoms with Crippen LogP contribution in [0.5, 0.6) is 0 Å². The first-order chi connectivity index (χ1) is 19.3. The van der Waals surface area contributed by atoms with E-state index in [1.54, 1.807) is 0 Å². The Balaban J connectivity index is 7.25. The van der Waals surface area contributed by atoms with Gasteiger partial charge in [-0.3, -0.25) is 0 Å². The van der Waals surface area contributed by atoms with E-state index in [1.165, 1.54) is 41.5 Å². The molecule has 0 spiro atoms. The van der Waals surface area contributed by atoms with E-state index >= 15 is 0 Å². The molecule has 12 nitrogen and oxygen atoms in total. The summed E-state index contributed by atoms with van der Waals surface area (Å²) in [6, 6.07) is 0. The molecule has 0 N–H and O–H groups in total. The van der Waals surface area contributed by atoms with Gasteiger partial charge in [0.05, 0.1) is 0 Å². The van der Waals surface area contributed by atoms with Crippen LogP contribution in [0.4, 0.5) is 0 Å². The number of hydrogen-bond donors (Lipinski definition) is 0. The summed E-state index contributed by atoms with van der Waals surface area (Å²) < 4.78 is 32.2. The molecule has 0 heterocycles. The second kappa shape index (κ2) is 17.2. The van der Waals surface area contributed by atoms with Gasteiger partial charge in [-0.05, 0) is 41.5 Å². The van der Waals surface area contributed by atoms with E-state index in [-0.39, 0.29) is 33.4 Å². The van der Waals surface area contributed by atoms with E-state index < -0.39 is 73.4 Å². The third-order valence-corrected chi connectivity index (χ3v) is 4.91. The highest BCUT2D eigenvalue weighted by molar-refractivity contribution is 5.90. The molecule has 230 valence electrons. The van der Waals surface area contributed by atoms with Gasteiger partial charge in [-0.25, -0.2) is 28.8 Å². The van der Waals surface area contributed by atoms with Crippen LogP contribution in [0.1, 0.15) is 41.5 Å². The molecular formula is C30H38O12. The van der Waals surface area contributed by atoms with Gasteiger partial charge < -0.3 is 28.4 Å². The molecule has 0 radical (unpaired) electrons. The maximum Gasteiger partial charge on any atom is 0.333 e. The molecule has 0 bridgehead atoms. The van der Waals surface area contributed by atoms with Crippen LogP contribution >= 0.6 is 0 Å². The first-order valence-corrected chi connectivity index (χ1v) is 12.4. The predicted molar refractivity (Wildman–Crippen MR) is 150 cm³/mol. The monoisotopic (exact) mass is 590 g/mol. The maximum absolute atomic E-state index is 12.8. The predicted octanol–water partition coefficient (Wildman–Crippen LogP) is 3.18. The molecule has 0 rings (SSSR count). The lowest BCUT2D eigenvalue weighted by atomic mass is 10.0. The van der Waals surface area contributed by atoms with Gasteiger partial charge >= 0.3 is 35.8 Å². The minimum atomic E-state index is -1.86. The number of esters is 6. The largest absolute Gasteiger partial charge is 0.458 e. The Hall–Kier alpha value is -4.74. The molecule has 12 heteroatoms. The van der Waals surface area contributed by atoms with Gasteiger partial charge in [0, 0.05) is 33.4 Å². The van der Waals surface area contributed by atoms with E-state index in [2.05, 4.69) is 39.5 Å². The third-order valence-electron chi connectivity index (χ3n) is 4.91. The fourth-order valence-electron chi connectivity index (χ4n) is 2.59. The molecule has 0 aliphatic rings. The summed E-state index contributed by atoms with van der Waals surface area (Å²) in [6.45, 7) is 27.4. The summed E-state index contributed by atoms with van der Waals surface area (Å²) in [7, 11) is 0. The summed E-state index contributed by atoms with van der Waals surface area (Å²) in [5.74, 6) is -5.90. The molecule has 0 fully saturated rings. The maximum atomic E-state index is 12.8. The van der Waals surface area contributed by atoms with Crippen molar-refractivity contribution >= 4 is 35.8 Å². The highest BCUT2D eigenvalue weighted by atomic mass is 16.6. The van der Waals surface area contributed by atoms with Gasteiger partial charge in [-0.15, -0.1) is 0 Å². The molecule has 0 saturated carbocycles. The van der Waals surface area contributed by atoms with Crippen molar-refractivity contribution in [2.45, 2.75) is 66.0 Å². The Morgan fingerprint density at radius 3 is 0.833 bits per heavy atom. The quantitative estimate of drug-likeness (QED) is 0.139. The standard InChI is InChI=1S/C30H38O12/c1-15(2)25(31)37-13-21(39-27(33)17(5)6)23(41-29(35)19(9)10)24(42-30(36)20(11)12)22(40-28(34)18(7)8)14-38-26(32)16(3)4/h21-24H,1,3,5,7,9,11,13-14H2,2,4,6,8,10,12H3/t21-,22+,23-,24-/m1/s1. The molecule has 4 atom stereocenters. The van der Waals surface area contributed by atoms with Crippen LogP contribution in [0.2, 0.25) is 0 Å². The van der Waals surface area contributed by atoms with Crippen LogP contribution in [0.15, 0.2) is 72.9 Å². The Kier molecular flexibility index (Phi) is 15.2. The summed E-state index contributed by atoms with van der Waals surface area (Å²) in [5.41, 5.74) is -0.461. The van der Waals surface area contributed by atoms with Crippen molar-refractivity contribution in [3.8, 4) is 0 Å². The summed E-state index contributed by atoms with van der Waals surface area (Å²) in [5, 5.41) is 0. The molecule has 0 saturated heterocycles. The van der Waals surface area contributed by atoms with Crippen molar-refractivity contribution in [3.63, 3.8) is 0 Å². The SMILES string of the molecule is C=C(C)C(=O)OC[C@H](OC(=O)C(=C)C)[C@@H](OC(=O)C(=C)C)[C@H](OC(=O)C(=C)C)[C@@H](COC(=O)C(=C)C)OC(=O)C(=C)C. The molecule has 42 heavy (non-hydrogen) atoms. The van der Waals surface area contributed by atoms with Crippen LogP contribution in [0.3, 0.4) is 0 Å². The summed E-state index contributed by atoms with van der Waals surface area (Å²) in [6.07, 6.45) is -7.12. The first kappa shape index (κ1) is 37.3. The molecule has 0 aromatic carbocycles. The summed E-state index contributed by atoms with van der Waals surface area (Å²) >= 11 is 0. The zero-order valence-corrected chi connectivity index (χ0v) is 24.9. The number of ether oxygens (including phenoxy) is 6. The Morgan fingerprint density at radius 1 is 0.405 bits per heavy atom. The fraction of sp³-hybridized carbons (Fsp3) is 0.400. The van der Waals surface area contributed by atoms with Crippen molar-refractivity contribution in [1.82, 2.24) is 0 Å². The van der Waals surface area contributed by atoms with Crippen molar-refractivity contribution in [2.75, 3.05) is 13.2 Å². The number of carbonyl (C=O) groups excluding carboxylic acids is 6. The van der Waals surface area contributed by atoms with Crippen LogP contribution in [-0.2, 0) is 57.2 Å². The van der Waals surface area contributed by atoms with Crippen molar-refractivity contribution in [3.05, 3.63) is 72.9 Å². The second-order valence-corrected chi connectivity index (χ2v) is 9.51. The van der Waals surface area contributed by atoms with Crippen LogP contribution < -0.4 is 0 Å². The molecule has 0 unspecified atom stereocenters. The zero-order chi connectivity index (χ0) is 32.9. The molecule has 0 aromatic heterocycles. The molecule has 0 aliphatic heterocycles. The topological polar surface area (TPSA) is 158 Å². The third kappa shape index (κ3) is 12.6. The Labute approximate surface area is 245 Å².